The Balaban J connectivity index is 1.98. The minimum atomic E-state index is -1.25. The number of aromatic nitrogens is 2. The van der Waals surface area contributed by atoms with E-state index in [2.05, 4.69) is 10.1 Å². The van der Waals surface area contributed by atoms with E-state index in [1.165, 1.54) is 29.1 Å². The van der Waals surface area contributed by atoms with Gasteiger partial charge in [-0.25, -0.2) is 9.48 Å². The molecule has 0 saturated carbocycles. The number of nitrogens with one attached hydrogen (secondary N) is 1. The highest BCUT2D eigenvalue weighted by molar-refractivity contribution is 5.92. The first-order valence-electron chi connectivity index (χ1n) is 7.45. The number of carboxylic acids is 1. The van der Waals surface area contributed by atoms with Crippen LogP contribution in [0, 0.1) is 6.92 Å². The molecular formula is C18H15N3O4. The van der Waals surface area contributed by atoms with E-state index in [4.69, 9.17) is 5.11 Å². The molecular weight excluding hydrogens is 322 g/mol. The van der Waals surface area contributed by atoms with Gasteiger partial charge in [0.25, 0.3) is 5.56 Å². The Bertz CT molecular complexity index is 1020. The molecule has 0 radical (unpaired) electrons. The minimum absolute atomic E-state index is 0.248. The van der Waals surface area contributed by atoms with Crippen LogP contribution >= 0.6 is 0 Å². The molecule has 3 rings (SSSR count). The zero-order valence-electron chi connectivity index (χ0n) is 13.3. The summed E-state index contributed by atoms with van der Waals surface area (Å²) in [5.41, 5.74) is 1.52. The van der Waals surface area contributed by atoms with Gasteiger partial charge < -0.3 is 10.2 Å². The molecule has 126 valence electrons. The van der Waals surface area contributed by atoms with Crippen molar-refractivity contribution in [1.29, 1.82) is 0 Å². The molecule has 0 unspecified atom stereocenters. The average Bonchev–Trinajstić information content (AvgIpc) is 2.89. The molecule has 0 spiro atoms. The van der Waals surface area contributed by atoms with Gasteiger partial charge in [-0.1, -0.05) is 18.2 Å². The lowest BCUT2D eigenvalue weighted by molar-refractivity contribution is 0.0694. The first-order chi connectivity index (χ1) is 12.0. The second-order valence-electron chi connectivity index (χ2n) is 5.39. The standard InChI is InChI=1S/C18H15N3O4/c1-11-15(17(23)21(20-11)13-5-3-2-4-6-13)10-19-12-7-8-16(22)14(9-12)18(24)25/h2-10,20,22H,1H3,(H,24,25). The molecule has 0 amide bonds. The third-order valence-electron chi connectivity index (χ3n) is 3.68. The molecule has 3 aromatic rings. The van der Waals surface area contributed by atoms with Gasteiger partial charge in [-0.05, 0) is 37.3 Å². The number of phenols is 1. The summed E-state index contributed by atoms with van der Waals surface area (Å²) < 4.78 is 1.41. The van der Waals surface area contributed by atoms with Crippen molar-refractivity contribution in [1.82, 2.24) is 9.78 Å². The fourth-order valence-electron chi connectivity index (χ4n) is 2.39. The number of hydrogen-bond donors (Lipinski definition) is 3. The van der Waals surface area contributed by atoms with Crippen LogP contribution in [0.1, 0.15) is 21.6 Å². The second-order valence-corrected chi connectivity index (χ2v) is 5.39. The number of aromatic amines is 1. The Morgan fingerprint density at radius 3 is 2.60 bits per heavy atom. The number of rotatable bonds is 4. The minimum Gasteiger partial charge on any atom is -0.507 e. The SMILES string of the molecule is Cc1[nH]n(-c2ccccc2)c(=O)c1C=Nc1ccc(O)c(C(=O)O)c1. The number of aromatic hydroxyl groups is 1. The number of para-hydroxylation sites is 1. The van der Waals surface area contributed by atoms with Crippen LogP contribution in [0.3, 0.4) is 0 Å². The number of carboxylic acid groups (broad SMARTS) is 1. The Hall–Kier alpha value is -3.61. The monoisotopic (exact) mass is 337 g/mol. The van der Waals surface area contributed by atoms with Crippen molar-refractivity contribution in [2.45, 2.75) is 6.92 Å². The van der Waals surface area contributed by atoms with E-state index in [9.17, 15) is 14.7 Å². The van der Waals surface area contributed by atoms with Gasteiger partial charge in [-0.3, -0.25) is 14.9 Å². The third kappa shape index (κ3) is 3.20. The maximum Gasteiger partial charge on any atom is 0.339 e. The van der Waals surface area contributed by atoms with Gasteiger partial charge in [-0.15, -0.1) is 0 Å². The molecule has 0 fully saturated rings. The predicted molar refractivity (Wildman–Crippen MR) is 93.4 cm³/mol. The lowest BCUT2D eigenvalue weighted by Crippen LogP contribution is -2.17. The molecule has 0 aliphatic rings. The zero-order chi connectivity index (χ0) is 18.0. The number of aryl methyl sites for hydroxylation is 1. The van der Waals surface area contributed by atoms with Crippen molar-refractivity contribution in [3.05, 3.63) is 75.7 Å². The highest BCUT2D eigenvalue weighted by Crippen LogP contribution is 2.23. The number of aliphatic imine (C=N–C) groups is 1. The van der Waals surface area contributed by atoms with Gasteiger partial charge in [0.1, 0.15) is 11.3 Å². The van der Waals surface area contributed by atoms with E-state index in [0.29, 0.717) is 22.6 Å². The fourth-order valence-corrected chi connectivity index (χ4v) is 2.39. The van der Waals surface area contributed by atoms with Crippen LogP contribution in [0.15, 0.2) is 58.3 Å². The van der Waals surface area contributed by atoms with Crippen molar-refractivity contribution in [2.75, 3.05) is 0 Å². The van der Waals surface area contributed by atoms with E-state index in [1.54, 1.807) is 19.1 Å². The molecule has 3 N–H and O–H groups in total. The molecule has 1 heterocycles. The summed E-state index contributed by atoms with van der Waals surface area (Å²) in [5.74, 6) is -1.59. The van der Waals surface area contributed by atoms with Crippen molar-refractivity contribution in [3.8, 4) is 11.4 Å². The summed E-state index contributed by atoms with van der Waals surface area (Å²) >= 11 is 0. The summed E-state index contributed by atoms with van der Waals surface area (Å²) in [6, 6.07) is 13.1. The van der Waals surface area contributed by atoms with Crippen molar-refractivity contribution in [2.24, 2.45) is 4.99 Å². The van der Waals surface area contributed by atoms with Gasteiger partial charge >= 0.3 is 5.97 Å². The van der Waals surface area contributed by atoms with E-state index in [1.807, 2.05) is 18.2 Å². The van der Waals surface area contributed by atoms with E-state index >= 15 is 0 Å². The summed E-state index contributed by atoms with van der Waals surface area (Å²) in [6.45, 7) is 1.75. The van der Waals surface area contributed by atoms with Crippen molar-refractivity contribution < 1.29 is 15.0 Å². The van der Waals surface area contributed by atoms with E-state index in [-0.39, 0.29) is 16.9 Å². The maximum absolute atomic E-state index is 12.5. The molecule has 7 nitrogen and oxygen atoms in total. The second kappa shape index (κ2) is 6.48. The largest absolute Gasteiger partial charge is 0.507 e. The molecule has 7 heteroatoms. The highest BCUT2D eigenvalue weighted by atomic mass is 16.4. The summed E-state index contributed by atoms with van der Waals surface area (Å²) in [4.78, 5) is 27.8. The molecule has 0 saturated heterocycles. The number of aromatic carboxylic acids is 1. The molecule has 25 heavy (non-hydrogen) atoms. The molecule has 1 aromatic heterocycles. The number of nitrogens with zero attached hydrogens (tertiary/aromatic N) is 2. The quantitative estimate of drug-likeness (QED) is 0.636. The van der Waals surface area contributed by atoms with E-state index in [0.717, 1.165) is 0 Å². The molecule has 0 aliphatic carbocycles. The van der Waals surface area contributed by atoms with E-state index < -0.39 is 5.97 Å². The van der Waals surface area contributed by atoms with Crippen LogP contribution in [0.2, 0.25) is 0 Å². The Kier molecular flexibility index (Phi) is 4.21. The first kappa shape index (κ1) is 16.3. The van der Waals surface area contributed by atoms with Crippen molar-refractivity contribution in [3.63, 3.8) is 0 Å². The Labute approximate surface area is 142 Å². The number of H-pyrrole nitrogens is 1. The number of carbonyl (C=O) groups is 1. The third-order valence-corrected chi connectivity index (χ3v) is 3.68. The average molecular weight is 337 g/mol. The predicted octanol–water partition coefficient (Wildman–Crippen LogP) is 2.63. The lowest BCUT2D eigenvalue weighted by atomic mass is 10.2. The summed E-state index contributed by atoms with van der Waals surface area (Å²) in [7, 11) is 0. The topological polar surface area (TPSA) is 108 Å². The van der Waals surface area contributed by atoms with Crippen LogP contribution in [0.25, 0.3) is 5.69 Å². The van der Waals surface area contributed by atoms with Gasteiger partial charge in [0.15, 0.2) is 0 Å². The highest BCUT2D eigenvalue weighted by Gasteiger charge is 2.12. The van der Waals surface area contributed by atoms with Crippen LogP contribution in [0.5, 0.6) is 5.75 Å². The molecule has 0 atom stereocenters. The number of benzene rings is 2. The Morgan fingerprint density at radius 2 is 1.92 bits per heavy atom. The van der Waals surface area contributed by atoms with Gasteiger partial charge in [0.2, 0.25) is 0 Å². The van der Waals surface area contributed by atoms with Crippen LogP contribution in [-0.4, -0.2) is 32.2 Å². The molecule has 0 bridgehead atoms. The first-order valence-corrected chi connectivity index (χ1v) is 7.45. The fraction of sp³-hybridized carbons (Fsp3) is 0.0556. The van der Waals surface area contributed by atoms with Crippen molar-refractivity contribution >= 4 is 17.9 Å². The van der Waals surface area contributed by atoms with Crippen LogP contribution in [-0.2, 0) is 0 Å². The van der Waals surface area contributed by atoms with Gasteiger partial charge in [-0.2, -0.15) is 0 Å². The zero-order valence-corrected chi connectivity index (χ0v) is 13.3. The Morgan fingerprint density at radius 1 is 1.20 bits per heavy atom. The van der Waals surface area contributed by atoms with Crippen LogP contribution < -0.4 is 5.56 Å². The van der Waals surface area contributed by atoms with Gasteiger partial charge in [0, 0.05) is 11.9 Å². The number of hydrogen-bond acceptors (Lipinski definition) is 4. The molecule has 2 aromatic carbocycles. The summed E-state index contributed by atoms with van der Waals surface area (Å²) in [6.07, 6.45) is 1.38. The normalized spacial score (nSPS) is 11.1. The smallest absolute Gasteiger partial charge is 0.339 e. The maximum atomic E-state index is 12.5. The summed E-state index contributed by atoms with van der Waals surface area (Å²) in [5, 5.41) is 21.5. The lowest BCUT2D eigenvalue weighted by Gasteiger charge is -2.00. The van der Waals surface area contributed by atoms with Gasteiger partial charge in [0.05, 0.1) is 16.9 Å². The molecule has 0 aliphatic heterocycles. The van der Waals surface area contributed by atoms with Crippen LogP contribution in [0.4, 0.5) is 5.69 Å².